The lowest BCUT2D eigenvalue weighted by molar-refractivity contribution is 0.451. The van der Waals surface area contributed by atoms with Gasteiger partial charge in [-0.3, -0.25) is 4.79 Å². The van der Waals surface area contributed by atoms with E-state index < -0.39 is 0 Å². The van der Waals surface area contributed by atoms with E-state index in [0.29, 0.717) is 17.9 Å². The third kappa shape index (κ3) is 3.70. The number of hydrogen-bond acceptors (Lipinski definition) is 4. The van der Waals surface area contributed by atoms with Crippen LogP contribution in [-0.2, 0) is 13.0 Å². The molecule has 0 saturated heterocycles. The molecule has 0 atom stereocenters. The monoisotopic (exact) mass is 287 g/mol. The van der Waals surface area contributed by atoms with Gasteiger partial charge in [-0.05, 0) is 37.1 Å². The largest absolute Gasteiger partial charge is 0.506 e. The molecule has 2 aromatic rings. The van der Waals surface area contributed by atoms with Gasteiger partial charge in [0.05, 0.1) is 5.69 Å². The van der Waals surface area contributed by atoms with E-state index in [0.717, 1.165) is 19.4 Å². The summed E-state index contributed by atoms with van der Waals surface area (Å²) in [7, 11) is 0. The highest BCUT2D eigenvalue weighted by Gasteiger charge is 2.09. The van der Waals surface area contributed by atoms with Crippen LogP contribution in [0.4, 0.5) is 0 Å². The van der Waals surface area contributed by atoms with Crippen LogP contribution in [0.15, 0.2) is 35.1 Å². The third-order valence-corrected chi connectivity index (χ3v) is 3.29. The van der Waals surface area contributed by atoms with Crippen LogP contribution in [0, 0.1) is 0 Å². The van der Waals surface area contributed by atoms with Gasteiger partial charge in [0.1, 0.15) is 11.4 Å². The van der Waals surface area contributed by atoms with E-state index in [1.54, 1.807) is 0 Å². The van der Waals surface area contributed by atoms with Crippen LogP contribution >= 0.6 is 0 Å². The summed E-state index contributed by atoms with van der Waals surface area (Å²) in [5.74, 6) is -0.0648. The van der Waals surface area contributed by atoms with Gasteiger partial charge < -0.3 is 10.4 Å². The summed E-state index contributed by atoms with van der Waals surface area (Å²) in [4.78, 5) is 12.0. The van der Waals surface area contributed by atoms with Gasteiger partial charge >= 0.3 is 0 Å². The lowest BCUT2D eigenvalue weighted by atomic mass is 10.1. The van der Waals surface area contributed by atoms with Gasteiger partial charge in [-0.25, -0.2) is 0 Å². The summed E-state index contributed by atoms with van der Waals surface area (Å²) in [5, 5.41) is 17.3. The number of aromatic nitrogens is 2. The van der Waals surface area contributed by atoms with Crippen molar-refractivity contribution in [1.29, 1.82) is 0 Å². The molecule has 5 heteroatoms. The van der Waals surface area contributed by atoms with Crippen molar-refractivity contribution < 1.29 is 5.11 Å². The number of nitrogens with zero attached hydrogens (tertiary/aromatic N) is 2. The van der Waals surface area contributed by atoms with Crippen LogP contribution in [-0.4, -0.2) is 21.4 Å². The molecule has 1 aromatic heterocycles. The average Bonchev–Trinajstić information content (AvgIpc) is 2.50. The molecule has 0 fully saturated rings. The van der Waals surface area contributed by atoms with Gasteiger partial charge in [-0.1, -0.05) is 26.0 Å². The zero-order chi connectivity index (χ0) is 15.2. The predicted octanol–water partition coefficient (Wildman–Crippen LogP) is 2.00. The Morgan fingerprint density at radius 2 is 1.95 bits per heavy atom. The first-order chi connectivity index (χ1) is 10.2. The maximum absolute atomic E-state index is 12.0. The molecule has 0 aliphatic heterocycles. The summed E-state index contributed by atoms with van der Waals surface area (Å²) in [5.41, 5.74) is 2.04. The van der Waals surface area contributed by atoms with Crippen molar-refractivity contribution in [3.05, 3.63) is 51.9 Å². The molecule has 0 spiro atoms. The number of benzene rings is 1. The van der Waals surface area contributed by atoms with Gasteiger partial charge in [-0.15, -0.1) is 0 Å². The van der Waals surface area contributed by atoms with E-state index >= 15 is 0 Å². The summed E-state index contributed by atoms with van der Waals surface area (Å²) in [6.45, 7) is 5.42. The highest BCUT2D eigenvalue weighted by Crippen LogP contribution is 2.13. The number of rotatable bonds is 6. The van der Waals surface area contributed by atoms with Crippen LogP contribution in [0.3, 0.4) is 0 Å². The van der Waals surface area contributed by atoms with Crippen molar-refractivity contribution in [2.45, 2.75) is 33.2 Å². The first kappa shape index (κ1) is 15.3. The molecule has 2 rings (SSSR count). The molecule has 5 nitrogen and oxygen atoms in total. The molecule has 0 aliphatic rings. The van der Waals surface area contributed by atoms with Crippen molar-refractivity contribution in [2.75, 3.05) is 6.54 Å². The van der Waals surface area contributed by atoms with Crippen molar-refractivity contribution in [3.63, 3.8) is 0 Å². The molecule has 0 radical (unpaired) electrons. The second-order valence-electron chi connectivity index (χ2n) is 4.92. The SMILES string of the molecule is CCCNCc1nn(-c2ccc(CC)cc2)c(=O)cc1O. The van der Waals surface area contributed by atoms with Crippen molar-refractivity contribution in [3.8, 4) is 11.4 Å². The number of aromatic hydroxyl groups is 1. The fraction of sp³-hybridized carbons (Fsp3) is 0.375. The zero-order valence-electron chi connectivity index (χ0n) is 12.5. The maximum Gasteiger partial charge on any atom is 0.275 e. The predicted molar refractivity (Wildman–Crippen MR) is 82.9 cm³/mol. The lowest BCUT2D eigenvalue weighted by Crippen LogP contribution is -2.24. The van der Waals surface area contributed by atoms with E-state index in [-0.39, 0.29) is 11.3 Å². The Morgan fingerprint density at radius 1 is 1.24 bits per heavy atom. The van der Waals surface area contributed by atoms with Gasteiger partial charge in [0.2, 0.25) is 0 Å². The van der Waals surface area contributed by atoms with Crippen LogP contribution in [0.25, 0.3) is 5.69 Å². The molecule has 2 N–H and O–H groups in total. The summed E-state index contributed by atoms with van der Waals surface area (Å²) in [6, 6.07) is 8.90. The second-order valence-corrected chi connectivity index (χ2v) is 4.92. The highest BCUT2D eigenvalue weighted by molar-refractivity contribution is 5.35. The van der Waals surface area contributed by atoms with E-state index in [4.69, 9.17) is 0 Å². The van der Waals surface area contributed by atoms with Crippen LogP contribution in [0.5, 0.6) is 5.75 Å². The highest BCUT2D eigenvalue weighted by atomic mass is 16.3. The Bertz CT molecular complexity index is 648. The Kier molecular flexibility index (Phi) is 5.11. The second kappa shape index (κ2) is 7.04. The molecule has 112 valence electrons. The fourth-order valence-electron chi connectivity index (χ4n) is 2.05. The van der Waals surface area contributed by atoms with Gasteiger partial charge in [0, 0.05) is 12.6 Å². The normalized spacial score (nSPS) is 10.8. The Hall–Kier alpha value is -2.14. The summed E-state index contributed by atoms with van der Waals surface area (Å²) >= 11 is 0. The van der Waals surface area contributed by atoms with E-state index in [2.05, 4.69) is 24.3 Å². The summed E-state index contributed by atoms with van der Waals surface area (Å²) < 4.78 is 1.32. The molecule has 1 aromatic carbocycles. The molecule has 0 amide bonds. The summed E-state index contributed by atoms with van der Waals surface area (Å²) in [6.07, 6.45) is 1.95. The maximum atomic E-state index is 12.0. The quantitative estimate of drug-likeness (QED) is 0.797. The molecule has 0 unspecified atom stereocenters. The minimum Gasteiger partial charge on any atom is -0.506 e. The average molecular weight is 287 g/mol. The van der Waals surface area contributed by atoms with Crippen LogP contribution in [0.2, 0.25) is 0 Å². The lowest BCUT2D eigenvalue weighted by Gasteiger charge is -2.10. The minimum absolute atomic E-state index is 0.0648. The molecule has 0 saturated carbocycles. The fourth-order valence-corrected chi connectivity index (χ4v) is 2.05. The van der Waals surface area contributed by atoms with Crippen molar-refractivity contribution in [2.24, 2.45) is 0 Å². The Labute approximate surface area is 124 Å². The van der Waals surface area contributed by atoms with E-state index in [9.17, 15) is 9.90 Å². The van der Waals surface area contributed by atoms with E-state index in [1.807, 2.05) is 24.3 Å². The molecular weight excluding hydrogens is 266 g/mol. The minimum atomic E-state index is -0.337. The number of hydrogen-bond donors (Lipinski definition) is 2. The van der Waals surface area contributed by atoms with Crippen LogP contribution in [0.1, 0.15) is 31.5 Å². The first-order valence-electron chi connectivity index (χ1n) is 7.28. The smallest absolute Gasteiger partial charge is 0.275 e. The van der Waals surface area contributed by atoms with Crippen LogP contribution < -0.4 is 10.9 Å². The standard InChI is InChI=1S/C16H21N3O2/c1-3-9-17-11-14-15(20)10-16(21)19(18-14)13-7-5-12(4-2)6-8-13/h5-8,10,17,20H,3-4,9,11H2,1-2H3. The zero-order valence-corrected chi connectivity index (χ0v) is 12.5. The molecule has 0 aliphatic carbocycles. The molecule has 21 heavy (non-hydrogen) atoms. The van der Waals surface area contributed by atoms with Gasteiger partial charge in [0.15, 0.2) is 0 Å². The van der Waals surface area contributed by atoms with Gasteiger partial charge in [0.25, 0.3) is 5.56 Å². The molecular formula is C16H21N3O2. The molecule has 1 heterocycles. The topological polar surface area (TPSA) is 67.2 Å². The van der Waals surface area contributed by atoms with Crippen molar-refractivity contribution >= 4 is 0 Å². The Morgan fingerprint density at radius 3 is 2.57 bits per heavy atom. The molecule has 0 bridgehead atoms. The number of nitrogens with one attached hydrogen (secondary N) is 1. The number of aryl methyl sites for hydroxylation is 1. The van der Waals surface area contributed by atoms with Gasteiger partial charge in [-0.2, -0.15) is 9.78 Å². The van der Waals surface area contributed by atoms with Crippen molar-refractivity contribution in [1.82, 2.24) is 15.1 Å². The Balaban J connectivity index is 2.33. The third-order valence-electron chi connectivity index (χ3n) is 3.29. The van der Waals surface area contributed by atoms with E-state index in [1.165, 1.54) is 16.3 Å². The first-order valence-corrected chi connectivity index (χ1v) is 7.28.